The zero-order valence-corrected chi connectivity index (χ0v) is 12.0. The predicted octanol–water partition coefficient (Wildman–Crippen LogP) is 0.814. The largest absolute Gasteiger partial charge is 0.353 e. The summed E-state index contributed by atoms with van der Waals surface area (Å²) < 4.78 is 0. The van der Waals surface area contributed by atoms with E-state index in [1.165, 1.54) is 0 Å². The predicted molar refractivity (Wildman–Crippen MR) is 79.2 cm³/mol. The number of rotatable bonds is 2. The zero-order chi connectivity index (χ0) is 14.8. The molecule has 0 spiro atoms. The third kappa shape index (κ3) is 2.93. The molecule has 0 radical (unpaired) electrons. The van der Waals surface area contributed by atoms with Crippen LogP contribution in [0.25, 0.3) is 0 Å². The Hall–Kier alpha value is -1.88. The molecule has 1 aromatic rings. The Morgan fingerprint density at radius 2 is 2.05 bits per heavy atom. The number of hydrogen-bond donors (Lipinski definition) is 2. The molecule has 5 nitrogen and oxygen atoms in total. The van der Waals surface area contributed by atoms with Gasteiger partial charge in [0.1, 0.15) is 6.04 Å². The number of piperidine rings is 2. The highest BCUT2D eigenvalue weighted by atomic mass is 16.2. The van der Waals surface area contributed by atoms with Gasteiger partial charge in [0.25, 0.3) is 0 Å². The summed E-state index contributed by atoms with van der Waals surface area (Å²) in [5.74, 6) is 0.483. The van der Waals surface area contributed by atoms with Crippen molar-refractivity contribution in [3.8, 4) is 0 Å². The topological polar surface area (TPSA) is 75.4 Å². The van der Waals surface area contributed by atoms with Crippen molar-refractivity contribution in [2.75, 3.05) is 13.1 Å². The number of carbonyl (C=O) groups is 2. The second-order valence-corrected chi connectivity index (χ2v) is 5.93. The van der Waals surface area contributed by atoms with Crippen molar-refractivity contribution < 1.29 is 9.59 Å². The lowest BCUT2D eigenvalue weighted by Crippen LogP contribution is -2.56. The second-order valence-electron chi connectivity index (χ2n) is 5.93. The molecule has 2 heterocycles. The number of hydrogen-bond acceptors (Lipinski definition) is 3. The number of benzene rings is 1. The summed E-state index contributed by atoms with van der Waals surface area (Å²) in [5, 5.41) is 3.03. The minimum absolute atomic E-state index is 0.0171. The van der Waals surface area contributed by atoms with Gasteiger partial charge in [0.05, 0.1) is 0 Å². The van der Waals surface area contributed by atoms with Gasteiger partial charge >= 0.3 is 0 Å². The molecule has 0 aliphatic carbocycles. The molecule has 3 rings (SSSR count). The lowest BCUT2D eigenvalue weighted by molar-refractivity contribution is -0.136. The number of nitrogens with two attached hydrogens (primary N) is 1. The van der Waals surface area contributed by atoms with Crippen LogP contribution in [0.1, 0.15) is 30.9 Å². The van der Waals surface area contributed by atoms with Crippen molar-refractivity contribution in [1.82, 2.24) is 10.2 Å². The number of nitrogens with zero attached hydrogens (tertiary/aromatic N) is 1. The third-order valence-electron chi connectivity index (χ3n) is 4.56. The average molecular weight is 287 g/mol. The summed E-state index contributed by atoms with van der Waals surface area (Å²) >= 11 is 0. The van der Waals surface area contributed by atoms with Crippen molar-refractivity contribution in [3.63, 3.8) is 0 Å². The third-order valence-corrected chi connectivity index (χ3v) is 4.56. The molecule has 0 bridgehead atoms. The van der Waals surface area contributed by atoms with E-state index >= 15 is 0 Å². The van der Waals surface area contributed by atoms with Crippen LogP contribution in [0.2, 0.25) is 0 Å². The van der Waals surface area contributed by atoms with Gasteiger partial charge in [-0.3, -0.25) is 9.59 Å². The van der Waals surface area contributed by atoms with Crippen LogP contribution in [-0.4, -0.2) is 35.8 Å². The Kier molecular flexibility index (Phi) is 3.92. The first-order chi connectivity index (χ1) is 10.1. The van der Waals surface area contributed by atoms with Gasteiger partial charge in [0.2, 0.25) is 11.8 Å². The van der Waals surface area contributed by atoms with Crippen molar-refractivity contribution in [2.24, 2.45) is 11.7 Å². The van der Waals surface area contributed by atoms with Gasteiger partial charge in [-0.25, -0.2) is 0 Å². The molecule has 2 aliphatic rings. The molecule has 2 aliphatic heterocycles. The van der Waals surface area contributed by atoms with Gasteiger partial charge in [0, 0.05) is 25.6 Å². The monoisotopic (exact) mass is 287 g/mol. The summed E-state index contributed by atoms with van der Waals surface area (Å²) in [7, 11) is 0. The normalized spacial score (nSPS) is 26.7. The fraction of sp³-hybridized carbons (Fsp3) is 0.500. The second kappa shape index (κ2) is 5.85. The lowest BCUT2D eigenvalue weighted by atomic mass is 9.85. The summed E-state index contributed by atoms with van der Waals surface area (Å²) in [6, 6.07) is 9.10. The van der Waals surface area contributed by atoms with E-state index in [-0.39, 0.29) is 17.9 Å². The van der Waals surface area contributed by atoms with E-state index in [1.807, 2.05) is 35.2 Å². The Morgan fingerprint density at radius 3 is 2.81 bits per heavy atom. The van der Waals surface area contributed by atoms with Gasteiger partial charge in [-0.15, -0.1) is 0 Å². The summed E-state index contributed by atoms with van der Waals surface area (Å²) in [6.07, 6.45) is 2.25. The summed E-state index contributed by atoms with van der Waals surface area (Å²) in [5.41, 5.74) is 6.95. The Labute approximate surface area is 124 Å². The van der Waals surface area contributed by atoms with Crippen LogP contribution in [0.3, 0.4) is 0 Å². The summed E-state index contributed by atoms with van der Waals surface area (Å²) in [6.45, 7) is 1.37. The minimum atomic E-state index is -0.596. The highest BCUT2D eigenvalue weighted by molar-refractivity contribution is 5.83. The number of amides is 2. The van der Waals surface area contributed by atoms with E-state index in [4.69, 9.17) is 5.73 Å². The molecule has 3 N–H and O–H groups in total. The fourth-order valence-corrected chi connectivity index (χ4v) is 3.31. The van der Waals surface area contributed by atoms with Gasteiger partial charge in [-0.05, 0) is 24.3 Å². The first kappa shape index (κ1) is 14.1. The fourth-order valence-electron chi connectivity index (χ4n) is 3.31. The molecule has 0 saturated carbocycles. The van der Waals surface area contributed by atoms with Crippen LogP contribution in [0.5, 0.6) is 0 Å². The molecule has 3 atom stereocenters. The van der Waals surface area contributed by atoms with Crippen LogP contribution in [-0.2, 0) is 9.59 Å². The Bertz CT molecular complexity index is 532. The molecule has 2 fully saturated rings. The molecule has 2 amide bonds. The maximum Gasteiger partial charge on any atom is 0.244 e. The Morgan fingerprint density at radius 1 is 1.29 bits per heavy atom. The number of fused-ring (bicyclic) bond motifs is 1. The molecule has 1 aromatic carbocycles. The maximum absolute atomic E-state index is 12.6. The van der Waals surface area contributed by atoms with Crippen molar-refractivity contribution in [3.05, 3.63) is 35.9 Å². The van der Waals surface area contributed by atoms with Crippen LogP contribution < -0.4 is 11.1 Å². The highest BCUT2D eigenvalue weighted by Crippen LogP contribution is 2.26. The van der Waals surface area contributed by atoms with Crippen molar-refractivity contribution in [2.45, 2.75) is 31.3 Å². The minimum Gasteiger partial charge on any atom is -0.353 e. The first-order valence-electron chi connectivity index (χ1n) is 7.54. The van der Waals surface area contributed by atoms with Gasteiger partial charge < -0.3 is 16.0 Å². The average Bonchev–Trinajstić information content (AvgIpc) is 2.53. The van der Waals surface area contributed by atoms with E-state index in [9.17, 15) is 9.59 Å². The highest BCUT2D eigenvalue weighted by Gasteiger charge is 2.36. The molecule has 3 unspecified atom stereocenters. The summed E-state index contributed by atoms with van der Waals surface area (Å²) in [4.78, 5) is 25.8. The van der Waals surface area contributed by atoms with E-state index in [2.05, 4.69) is 5.32 Å². The van der Waals surface area contributed by atoms with Crippen LogP contribution in [0.15, 0.2) is 30.3 Å². The molecule has 112 valence electrons. The zero-order valence-electron chi connectivity index (χ0n) is 12.0. The Balaban J connectivity index is 1.65. The van der Waals surface area contributed by atoms with Gasteiger partial charge in [0.15, 0.2) is 0 Å². The van der Waals surface area contributed by atoms with Crippen molar-refractivity contribution >= 4 is 11.8 Å². The number of likely N-dealkylation sites (tertiary alicyclic amines) is 1. The standard InChI is InChI=1S/C16H21N3O2/c17-15(11-4-2-1-3-5-11)16(21)19-9-8-13-12(10-19)6-7-14(20)18-13/h1-5,12-13,15H,6-10,17H2,(H,18,20). The maximum atomic E-state index is 12.6. The first-order valence-corrected chi connectivity index (χ1v) is 7.54. The SMILES string of the molecule is NC(C(=O)N1CCC2NC(=O)CCC2C1)c1ccccc1. The van der Waals surface area contributed by atoms with Crippen molar-refractivity contribution in [1.29, 1.82) is 0 Å². The van der Waals surface area contributed by atoms with E-state index in [0.717, 1.165) is 18.4 Å². The number of nitrogens with one attached hydrogen (secondary N) is 1. The molecular formula is C16H21N3O2. The van der Waals surface area contributed by atoms with E-state index in [1.54, 1.807) is 0 Å². The van der Waals surface area contributed by atoms with Crippen LogP contribution in [0, 0.1) is 5.92 Å². The van der Waals surface area contributed by atoms with Crippen LogP contribution >= 0.6 is 0 Å². The van der Waals surface area contributed by atoms with Gasteiger partial charge in [-0.2, -0.15) is 0 Å². The molecule has 21 heavy (non-hydrogen) atoms. The van der Waals surface area contributed by atoms with E-state index in [0.29, 0.717) is 25.4 Å². The van der Waals surface area contributed by atoms with Gasteiger partial charge in [-0.1, -0.05) is 30.3 Å². The lowest BCUT2D eigenvalue weighted by Gasteiger charge is -2.42. The smallest absolute Gasteiger partial charge is 0.244 e. The molecule has 2 saturated heterocycles. The molecular weight excluding hydrogens is 266 g/mol. The molecule has 0 aromatic heterocycles. The van der Waals surface area contributed by atoms with Crippen LogP contribution in [0.4, 0.5) is 0 Å². The van der Waals surface area contributed by atoms with E-state index < -0.39 is 6.04 Å². The quantitative estimate of drug-likeness (QED) is 0.845. The number of carbonyl (C=O) groups excluding carboxylic acids is 2. The molecule has 5 heteroatoms.